The summed E-state index contributed by atoms with van der Waals surface area (Å²) < 4.78 is 1.71. The number of carboxylic acids is 1. The zero-order valence-corrected chi connectivity index (χ0v) is 12.4. The van der Waals surface area contributed by atoms with Gasteiger partial charge in [-0.15, -0.1) is 0 Å². The molecule has 2 aromatic carbocycles. The van der Waals surface area contributed by atoms with Gasteiger partial charge in [-0.3, -0.25) is 0 Å². The third-order valence-corrected chi connectivity index (χ3v) is 3.87. The minimum Gasteiger partial charge on any atom is -0.477 e. The number of rotatable bonds is 3. The molecule has 3 nitrogen and oxygen atoms in total. The minimum atomic E-state index is -0.991. The third-order valence-electron chi connectivity index (χ3n) is 3.34. The van der Waals surface area contributed by atoms with Gasteiger partial charge in [0.25, 0.3) is 0 Å². The van der Waals surface area contributed by atoms with Gasteiger partial charge in [0, 0.05) is 17.0 Å². The number of aromatic nitrogens is 1. The molecule has 21 heavy (non-hydrogen) atoms. The van der Waals surface area contributed by atoms with Crippen LogP contribution in [-0.2, 0) is 6.54 Å². The molecular formula is C16H11Cl2NO2. The van der Waals surface area contributed by atoms with Gasteiger partial charge in [0.2, 0.25) is 0 Å². The lowest BCUT2D eigenvalue weighted by atomic mass is 10.2. The summed E-state index contributed by atoms with van der Waals surface area (Å²) in [5.41, 5.74) is 1.92. The van der Waals surface area contributed by atoms with Gasteiger partial charge in [0.05, 0.1) is 10.5 Å². The van der Waals surface area contributed by atoms with Crippen molar-refractivity contribution in [3.8, 4) is 0 Å². The average molecular weight is 320 g/mol. The number of aromatic carboxylic acids is 1. The second kappa shape index (κ2) is 5.43. The maximum Gasteiger partial charge on any atom is 0.352 e. The van der Waals surface area contributed by atoms with Gasteiger partial charge in [-0.2, -0.15) is 0 Å². The first-order valence-electron chi connectivity index (χ1n) is 6.32. The van der Waals surface area contributed by atoms with Gasteiger partial charge in [-0.05, 0) is 23.8 Å². The molecule has 0 saturated carbocycles. The Bertz CT molecular complexity index is 825. The van der Waals surface area contributed by atoms with Gasteiger partial charge >= 0.3 is 5.97 Å². The smallest absolute Gasteiger partial charge is 0.352 e. The van der Waals surface area contributed by atoms with Crippen LogP contribution in [0.4, 0.5) is 0 Å². The van der Waals surface area contributed by atoms with Crippen molar-refractivity contribution in [2.75, 3.05) is 0 Å². The molecule has 0 fully saturated rings. The molecular weight excluding hydrogens is 309 g/mol. The first kappa shape index (κ1) is 14.0. The maximum atomic E-state index is 11.5. The van der Waals surface area contributed by atoms with Crippen molar-refractivity contribution < 1.29 is 9.90 Å². The van der Waals surface area contributed by atoms with Crippen LogP contribution >= 0.6 is 23.2 Å². The summed E-state index contributed by atoms with van der Waals surface area (Å²) in [6, 6.07) is 14.6. The van der Waals surface area contributed by atoms with E-state index in [0.29, 0.717) is 27.5 Å². The topological polar surface area (TPSA) is 42.2 Å². The minimum absolute atomic E-state index is 0.193. The Balaban J connectivity index is 2.23. The summed E-state index contributed by atoms with van der Waals surface area (Å²) in [4.78, 5) is 11.5. The number of halogens is 2. The van der Waals surface area contributed by atoms with Crippen LogP contribution in [0.5, 0.6) is 0 Å². The van der Waals surface area contributed by atoms with E-state index in [1.165, 1.54) is 0 Å². The Morgan fingerprint density at radius 1 is 1.10 bits per heavy atom. The lowest BCUT2D eigenvalue weighted by Gasteiger charge is -2.09. The second-order valence-electron chi connectivity index (χ2n) is 4.73. The number of carboxylic acid groups (broad SMARTS) is 1. The molecule has 0 aliphatic rings. The predicted octanol–water partition coefficient (Wildman–Crippen LogP) is 4.69. The highest BCUT2D eigenvalue weighted by Gasteiger charge is 2.17. The summed E-state index contributed by atoms with van der Waals surface area (Å²) in [7, 11) is 0. The van der Waals surface area contributed by atoms with Gasteiger partial charge in [-0.25, -0.2) is 4.79 Å². The van der Waals surface area contributed by atoms with Gasteiger partial charge in [-0.1, -0.05) is 53.5 Å². The fourth-order valence-electron chi connectivity index (χ4n) is 2.40. The Labute approximate surface area is 131 Å². The third kappa shape index (κ3) is 2.62. The molecule has 1 aromatic heterocycles. The highest BCUT2D eigenvalue weighted by atomic mass is 35.5. The number of fused-ring (bicyclic) bond motifs is 1. The molecule has 0 atom stereocenters. The Kier molecular flexibility index (Phi) is 3.62. The molecule has 0 aliphatic heterocycles. The summed E-state index contributed by atoms with van der Waals surface area (Å²) >= 11 is 12.2. The standard InChI is InChI=1S/C16H11Cl2NO2/c17-11-6-13(18)12-8-15(16(20)21)19(14(12)7-11)9-10-4-2-1-3-5-10/h1-8H,9H2,(H,20,21). The SMILES string of the molecule is O=C(O)c1cc2c(Cl)cc(Cl)cc2n1Cc1ccccc1. The van der Waals surface area contributed by atoms with Crippen molar-refractivity contribution in [1.82, 2.24) is 4.57 Å². The fraction of sp³-hybridized carbons (Fsp3) is 0.0625. The van der Waals surface area contributed by atoms with E-state index in [0.717, 1.165) is 5.56 Å². The highest BCUT2D eigenvalue weighted by molar-refractivity contribution is 6.38. The van der Waals surface area contributed by atoms with Gasteiger partial charge < -0.3 is 9.67 Å². The van der Waals surface area contributed by atoms with Crippen molar-refractivity contribution in [1.29, 1.82) is 0 Å². The second-order valence-corrected chi connectivity index (χ2v) is 5.57. The Morgan fingerprint density at radius 3 is 2.48 bits per heavy atom. The monoisotopic (exact) mass is 319 g/mol. The maximum absolute atomic E-state index is 11.5. The van der Waals surface area contributed by atoms with Crippen LogP contribution in [0, 0.1) is 0 Å². The summed E-state index contributed by atoms with van der Waals surface area (Å²) in [5, 5.41) is 11.0. The van der Waals surface area contributed by atoms with Crippen LogP contribution < -0.4 is 0 Å². The van der Waals surface area contributed by atoms with Crippen LogP contribution in [0.1, 0.15) is 16.1 Å². The lowest BCUT2D eigenvalue weighted by molar-refractivity contribution is 0.0686. The Hall–Kier alpha value is -1.97. The molecule has 3 rings (SSSR count). The van der Waals surface area contributed by atoms with E-state index in [-0.39, 0.29) is 5.69 Å². The molecule has 0 unspecified atom stereocenters. The van der Waals surface area contributed by atoms with Gasteiger partial charge in [0.1, 0.15) is 5.69 Å². The van der Waals surface area contributed by atoms with Crippen molar-refractivity contribution >= 4 is 40.1 Å². The molecule has 0 aliphatic carbocycles. The number of nitrogens with zero attached hydrogens (tertiary/aromatic N) is 1. The largest absolute Gasteiger partial charge is 0.477 e. The molecule has 0 bridgehead atoms. The van der Waals surface area contributed by atoms with Crippen LogP contribution in [0.2, 0.25) is 10.0 Å². The summed E-state index contributed by atoms with van der Waals surface area (Å²) in [6.07, 6.45) is 0. The van der Waals surface area contributed by atoms with Gasteiger partial charge in [0.15, 0.2) is 0 Å². The van der Waals surface area contributed by atoms with Crippen molar-refractivity contribution in [2.24, 2.45) is 0 Å². The van der Waals surface area contributed by atoms with Crippen molar-refractivity contribution in [3.05, 3.63) is 69.8 Å². The number of benzene rings is 2. The molecule has 3 aromatic rings. The summed E-state index contributed by atoms with van der Waals surface area (Å²) in [6.45, 7) is 0.447. The van der Waals surface area contributed by atoms with Crippen molar-refractivity contribution in [3.63, 3.8) is 0 Å². The molecule has 106 valence electrons. The number of carbonyl (C=O) groups is 1. The molecule has 0 amide bonds. The predicted molar refractivity (Wildman–Crippen MR) is 84.5 cm³/mol. The van der Waals surface area contributed by atoms with Crippen LogP contribution in [-0.4, -0.2) is 15.6 Å². The first-order chi connectivity index (χ1) is 10.1. The van der Waals surface area contributed by atoms with Crippen LogP contribution in [0.3, 0.4) is 0 Å². The zero-order chi connectivity index (χ0) is 15.0. The molecule has 0 spiro atoms. The highest BCUT2D eigenvalue weighted by Crippen LogP contribution is 2.31. The fourth-order valence-corrected chi connectivity index (χ4v) is 2.93. The molecule has 5 heteroatoms. The quantitative estimate of drug-likeness (QED) is 0.760. The molecule has 0 radical (unpaired) electrons. The van der Waals surface area contributed by atoms with E-state index >= 15 is 0 Å². The number of hydrogen-bond acceptors (Lipinski definition) is 1. The van der Waals surface area contributed by atoms with Crippen molar-refractivity contribution in [2.45, 2.75) is 6.54 Å². The van der Waals surface area contributed by atoms with E-state index in [1.807, 2.05) is 30.3 Å². The first-order valence-corrected chi connectivity index (χ1v) is 7.07. The van der Waals surface area contributed by atoms with E-state index in [1.54, 1.807) is 22.8 Å². The normalized spacial score (nSPS) is 11.0. The van der Waals surface area contributed by atoms with Crippen LogP contribution in [0.25, 0.3) is 10.9 Å². The lowest BCUT2D eigenvalue weighted by Crippen LogP contribution is -2.09. The van der Waals surface area contributed by atoms with E-state index in [9.17, 15) is 9.90 Å². The van der Waals surface area contributed by atoms with E-state index in [2.05, 4.69) is 0 Å². The molecule has 0 saturated heterocycles. The molecule has 1 heterocycles. The van der Waals surface area contributed by atoms with Crippen LogP contribution in [0.15, 0.2) is 48.5 Å². The average Bonchev–Trinajstić information content (AvgIpc) is 2.79. The molecule has 1 N–H and O–H groups in total. The Morgan fingerprint density at radius 2 is 1.81 bits per heavy atom. The van der Waals surface area contributed by atoms with E-state index in [4.69, 9.17) is 23.2 Å². The van der Waals surface area contributed by atoms with E-state index < -0.39 is 5.97 Å². The summed E-state index contributed by atoms with van der Waals surface area (Å²) in [5.74, 6) is -0.991. The number of hydrogen-bond donors (Lipinski definition) is 1. The zero-order valence-electron chi connectivity index (χ0n) is 10.9.